The number of hydrogen-bond acceptors (Lipinski definition) is 3. The monoisotopic (exact) mass is 283 g/mol. The zero-order valence-corrected chi connectivity index (χ0v) is 11.4. The van der Waals surface area contributed by atoms with Gasteiger partial charge in [0.2, 0.25) is 0 Å². The van der Waals surface area contributed by atoms with E-state index in [1.165, 1.54) is 4.57 Å². The summed E-state index contributed by atoms with van der Waals surface area (Å²) < 4.78 is 7.01. The Morgan fingerprint density at radius 1 is 1.24 bits per heavy atom. The van der Waals surface area contributed by atoms with Crippen LogP contribution in [0.2, 0.25) is 0 Å². The van der Waals surface area contributed by atoms with Crippen LogP contribution in [0, 0.1) is 6.92 Å². The van der Waals surface area contributed by atoms with Crippen molar-refractivity contribution in [2.24, 2.45) is 0 Å². The summed E-state index contributed by atoms with van der Waals surface area (Å²) >= 11 is 0. The normalized spacial score (nSPS) is 10.9. The zero-order valence-electron chi connectivity index (χ0n) is 11.4. The number of rotatable bonds is 3. The number of aromatic carboxylic acids is 1. The van der Waals surface area contributed by atoms with Crippen LogP contribution in [0.1, 0.15) is 21.9 Å². The van der Waals surface area contributed by atoms with E-state index in [0.29, 0.717) is 16.7 Å². The third-order valence-corrected chi connectivity index (χ3v) is 3.36. The van der Waals surface area contributed by atoms with Gasteiger partial charge >= 0.3 is 5.97 Å². The quantitative estimate of drug-likeness (QED) is 0.802. The van der Waals surface area contributed by atoms with Crippen LogP contribution in [0.4, 0.5) is 0 Å². The molecule has 1 N–H and O–H groups in total. The Hall–Kier alpha value is -2.82. The molecule has 0 aliphatic rings. The lowest BCUT2D eigenvalue weighted by molar-refractivity contribution is 0.0698. The molecule has 0 unspecified atom stereocenters. The molecule has 0 fully saturated rings. The first kappa shape index (κ1) is 13.2. The molecule has 0 radical (unpaired) electrons. The molecule has 106 valence electrons. The Kier molecular flexibility index (Phi) is 3.10. The molecule has 2 heterocycles. The van der Waals surface area contributed by atoms with Crippen LogP contribution in [0.15, 0.2) is 51.7 Å². The van der Waals surface area contributed by atoms with Crippen molar-refractivity contribution in [3.05, 3.63) is 69.9 Å². The fraction of sp³-hybridized carbons (Fsp3) is 0.125. The number of hydrogen-bond donors (Lipinski definition) is 1. The van der Waals surface area contributed by atoms with Gasteiger partial charge in [-0.1, -0.05) is 18.2 Å². The minimum absolute atomic E-state index is 0.0162. The number of carboxylic acids is 1. The largest absolute Gasteiger partial charge is 0.478 e. The van der Waals surface area contributed by atoms with Crippen LogP contribution in [-0.2, 0) is 6.54 Å². The molecule has 0 bridgehead atoms. The van der Waals surface area contributed by atoms with Gasteiger partial charge in [0.1, 0.15) is 11.5 Å². The van der Waals surface area contributed by atoms with Gasteiger partial charge in [0, 0.05) is 11.5 Å². The lowest BCUT2D eigenvalue weighted by Crippen LogP contribution is -2.22. The van der Waals surface area contributed by atoms with Gasteiger partial charge in [-0.05, 0) is 25.1 Å². The van der Waals surface area contributed by atoms with Crippen molar-refractivity contribution in [3.8, 4) is 0 Å². The molecular formula is C16H13NO4. The Bertz CT molecular complexity index is 889. The second-order valence-electron chi connectivity index (χ2n) is 4.82. The van der Waals surface area contributed by atoms with Crippen LogP contribution >= 0.6 is 0 Å². The van der Waals surface area contributed by atoms with Gasteiger partial charge in [0.05, 0.1) is 17.6 Å². The third kappa shape index (κ3) is 2.33. The van der Waals surface area contributed by atoms with Crippen LogP contribution in [-0.4, -0.2) is 15.6 Å². The maximum absolute atomic E-state index is 12.2. The molecule has 0 spiro atoms. The molecule has 1 aromatic carbocycles. The van der Waals surface area contributed by atoms with E-state index in [1.807, 2.05) is 19.1 Å². The van der Waals surface area contributed by atoms with Gasteiger partial charge in [-0.3, -0.25) is 4.79 Å². The average molecular weight is 283 g/mol. The van der Waals surface area contributed by atoms with Gasteiger partial charge in [-0.15, -0.1) is 0 Å². The Morgan fingerprint density at radius 2 is 2.00 bits per heavy atom. The van der Waals surface area contributed by atoms with E-state index in [0.717, 1.165) is 11.8 Å². The summed E-state index contributed by atoms with van der Waals surface area (Å²) in [5.41, 5.74) is 0.235. The standard InChI is InChI=1S/C16H13NO4/c1-10-6-7-11(21-10)9-17-14-5-3-2-4-12(14)13(16(19)20)8-15(17)18/h2-8H,9H2,1H3,(H,19,20). The number of pyridine rings is 1. The summed E-state index contributed by atoms with van der Waals surface area (Å²) in [6.45, 7) is 2.10. The highest BCUT2D eigenvalue weighted by molar-refractivity contribution is 6.02. The number of furan rings is 1. The number of nitrogens with zero attached hydrogens (tertiary/aromatic N) is 1. The molecule has 3 aromatic rings. The lowest BCUT2D eigenvalue weighted by Gasteiger charge is -2.10. The van der Waals surface area contributed by atoms with Crippen molar-refractivity contribution in [1.29, 1.82) is 0 Å². The van der Waals surface area contributed by atoms with Crippen LogP contribution in [0.5, 0.6) is 0 Å². The lowest BCUT2D eigenvalue weighted by atomic mass is 10.1. The van der Waals surface area contributed by atoms with Crippen molar-refractivity contribution in [2.45, 2.75) is 13.5 Å². The molecule has 5 heteroatoms. The number of aryl methyl sites for hydroxylation is 1. The topological polar surface area (TPSA) is 72.4 Å². The van der Waals surface area contributed by atoms with E-state index in [1.54, 1.807) is 24.3 Å². The Balaban J connectivity index is 2.23. The predicted octanol–water partition coefficient (Wildman–Crippen LogP) is 2.65. The van der Waals surface area contributed by atoms with Gasteiger partial charge < -0.3 is 14.1 Å². The van der Waals surface area contributed by atoms with Crippen LogP contribution in [0.25, 0.3) is 10.9 Å². The average Bonchev–Trinajstić information content (AvgIpc) is 2.87. The number of para-hydroxylation sites is 1. The molecule has 21 heavy (non-hydrogen) atoms. The minimum atomic E-state index is -1.11. The summed E-state index contributed by atoms with van der Waals surface area (Å²) in [5, 5.41) is 9.76. The minimum Gasteiger partial charge on any atom is -0.478 e. The van der Waals surface area contributed by atoms with Crippen molar-refractivity contribution >= 4 is 16.9 Å². The van der Waals surface area contributed by atoms with E-state index in [-0.39, 0.29) is 17.7 Å². The molecule has 0 amide bonds. The summed E-state index contributed by atoms with van der Waals surface area (Å²) in [6, 6.07) is 11.7. The SMILES string of the molecule is Cc1ccc(Cn2c(=O)cc(C(=O)O)c3ccccc32)o1. The van der Waals surface area contributed by atoms with Crippen molar-refractivity contribution in [1.82, 2.24) is 4.57 Å². The number of aromatic nitrogens is 1. The maximum Gasteiger partial charge on any atom is 0.336 e. The first-order chi connectivity index (χ1) is 10.1. The van der Waals surface area contributed by atoms with Crippen molar-refractivity contribution < 1.29 is 14.3 Å². The molecule has 0 aliphatic carbocycles. The van der Waals surface area contributed by atoms with E-state index in [2.05, 4.69) is 0 Å². The fourth-order valence-corrected chi connectivity index (χ4v) is 2.40. The first-order valence-corrected chi connectivity index (χ1v) is 6.47. The molecule has 2 aromatic heterocycles. The first-order valence-electron chi connectivity index (χ1n) is 6.47. The van der Waals surface area contributed by atoms with E-state index in [9.17, 15) is 14.7 Å². The van der Waals surface area contributed by atoms with Gasteiger partial charge in [-0.2, -0.15) is 0 Å². The second-order valence-corrected chi connectivity index (χ2v) is 4.82. The number of benzene rings is 1. The van der Waals surface area contributed by atoms with Crippen molar-refractivity contribution in [3.63, 3.8) is 0 Å². The van der Waals surface area contributed by atoms with E-state index >= 15 is 0 Å². The van der Waals surface area contributed by atoms with Crippen molar-refractivity contribution in [2.75, 3.05) is 0 Å². The maximum atomic E-state index is 12.2. The molecule has 0 aliphatic heterocycles. The highest BCUT2D eigenvalue weighted by atomic mass is 16.4. The van der Waals surface area contributed by atoms with Crippen LogP contribution in [0.3, 0.4) is 0 Å². The Labute approximate surface area is 120 Å². The molecule has 0 atom stereocenters. The highest BCUT2D eigenvalue weighted by Crippen LogP contribution is 2.18. The summed E-state index contributed by atoms with van der Waals surface area (Å²) in [6.07, 6.45) is 0. The van der Waals surface area contributed by atoms with Gasteiger partial charge in [0.15, 0.2) is 0 Å². The predicted molar refractivity (Wildman–Crippen MR) is 77.7 cm³/mol. The smallest absolute Gasteiger partial charge is 0.336 e. The second kappa shape index (κ2) is 4.94. The Morgan fingerprint density at radius 3 is 2.67 bits per heavy atom. The third-order valence-electron chi connectivity index (χ3n) is 3.36. The van der Waals surface area contributed by atoms with E-state index < -0.39 is 5.97 Å². The highest BCUT2D eigenvalue weighted by Gasteiger charge is 2.14. The summed E-state index contributed by atoms with van der Waals surface area (Å²) in [7, 11) is 0. The summed E-state index contributed by atoms with van der Waals surface area (Å²) in [4.78, 5) is 23.5. The number of carboxylic acid groups (broad SMARTS) is 1. The molecular weight excluding hydrogens is 270 g/mol. The molecule has 0 saturated carbocycles. The molecule has 0 saturated heterocycles. The number of carbonyl (C=O) groups is 1. The fourth-order valence-electron chi connectivity index (χ4n) is 2.40. The number of fused-ring (bicyclic) bond motifs is 1. The molecule has 3 rings (SSSR count). The van der Waals surface area contributed by atoms with Crippen LogP contribution < -0.4 is 5.56 Å². The van der Waals surface area contributed by atoms with Gasteiger partial charge in [-0.25, -0.2) is 4.79 Å². The molecule has 5 nitrogen and oxygen atoms in total. The summed E-state index contributed by atoms with van der Waals surface area (Å²) in [5.74, 6) is 0.316. The zero-order chi connectivity index (χ0) is 15.0. The van der Waals surface area contributed by atoms with E-state index in [4.69, 9.17) is 4.42 Å². The van der Waals surface area contributed by atoms with Gasteiger partial charge in [0.25, 0.3) is 5.56 Å².